The molecule has 0 saturated carbocycles. The first-order valence-corrected chi connectivity index (χ1v) is 11.6. The minimum absolute atomic E-state index is 0.00685. The maximum Gasteiger partial charge on any atom is 0.251 e. The van der Waals surface area contributed by atoms with Crippen LogP contribution in [0.4, 0.5) is 0 Å². The predicted octanol–water partition coefficient (Wildman–Crippen LogP) is 2.82. The van der Waals surface area contributed by atoms with Crippen molar-refractivity contribution < 1.29 is 13.2 Å². The molecule has 0 spiro atoms. The number of carbonyl (C=O) groups excluding carboxylic acids is 1. The summed E-state index contributed by atoms with van der Waals surface area (Å²) in [6.07, 6.45) is 7.34. The van der Waals surface area contributed by atoms with Crippen molar-refractivity contribution in [1.82, 2.24) is 14.9 Å². The third-order valence-electron chi connectivity index (χ3n) is 5.07. The molecule has 1 heterocycles. The van der Waals surface area contributed by atoms with Gasteiger partial charge in [-0.3, -0.25) is 9.69 Å². The standard InChI is InChI=1S/C22H24ClN3O3S/c1-2-12-25-30(28,29)18-9-7-8-17(15-18)22(27)24-16-21(26-13-5-6-14-26)19-10-3-4-11-20(19)23/h1,3-4,7-11,15,21,25H,5-6,12-14,16H2,(H,24,27). The fourth-order valence-corrected chi connectivity index (χ4v) is 4.79. The van der Waals surface area contributed by atoms with Crippen LogP contribution in [0, 0.1) is 12.3 Å². The second-order valence-corrected chi connectivity index (χ2v) is 9.22. The zero-order chi connectivity index (χ0) is 21.6. The second kappa shape index (κ2) is 10.1. The van der Waals surface area contributed by atoms with Gasteiger partial charge in [-0.25, -0.2) is 8.42 Å². The Morgan fingerprint density at radius 3 is 2.60 bits per heavy atom. The molecule has 1 aliphatic rings. The van der Waals surface area contributed by atoms with Crippen LogP contribution in [-0.2, 0) is 10.0 Å². The number of benzene rings is 2. The van der Waals surface area contributed by atoms with Gasteiger partial charge in [0, 0.05) is 17.1 Å². The predicted molar refractivity (Wildman–Crippen MR) is 118 cm³/mol. The first-order chi connectivity index (χ1) is 14.4. The summed E-state index contributed by atoms with van der Waals surface area (Å²) in [5.74, 6) is 1.88. The fraction of sp³-hybridized carbons (Fsp3) is 0.318. The number of terminal acetylenes is 1. The summed E-state index contributed by atoms with van der Waals surface area (Å²) < 4.78 is 26.8. The summed E-state index contributed by atoms with van der Waals surface area (Å²) in [5.41, 5.74) is 1.23. The number of rotatable bonds is 8. The van der Waals surface area contributed by atoms with E-state index in [0.717, 1.165) is 31.5 Å². The van der Waals surface area contributed by atoms with E-state index in [1.165, 1.54) is 18.2 Å². The van der Waals surface area contributed by atoms with Crippen molar-refractivity contribution in [3.8, 4) is 12.3 Å². The summed E-state index contributed by atoms with van der Waals surface area (Å²) in [6.45, 7) is 2.14. The molecule has 2 aromatic carbocycles. The molecule has 3 rings (SSSR count). The largest absolute Gasteiger partial charge is 0.350 e. The Hall–Kier alpha value is -2.37. The van der Waals surface area contributed by atoms with Gasteiger partial charge in [-0.05, 0) is 55.8 Å². The third kappa shape index (κ3) is 5.41. The number of likely N-dealkylation sites (tertiary alicyclic amines) is 1. The van der Waals surface area contributed by atoms with E-state index < -0.39 is 10.0 Å². The van der Waals surface area contributed by atoms with Crippen molar-refractivity contribution >= 4 is 27.5 Å². The minimum Gasteiger partial charge on any atom is -0.350 e. The summed E-state index contributed by atoms with van der Waals surface area (Å²) in [7, 11) is -3.77. The van der Waals surface area contributed by atoms with Gasteiger partial charge in [0.05, 0.1) is 17.5 Å². The van der Waals surface area contributed by atoms with Crippen LogP contribution in [0.2, 0.25) is 5.02 Å². The van der Waals surface area contributed by atoms with Crippen LogP contribution in [0.25, 0.3) is 0 Å². The first kappa shape index (κ1) is 22.3. The lowest BCUT2D eigenvalue weighted by molar-refractivity contribution is 0.0937. The van der Waals surface area contributed by atoms with E-state index in [0.29, 0.717) is 11.6 Å². The van der Waals surface area contributed by atoms with E-state index in [-0.39, 0.29) is 29.0 Å². The van der Waals surface area contributed by atoms with Crippen molar-refractivity contribution in [2.75, 3.05) is 26.2 Å². The Kier molecular flexibility index (Phi) is 7.51. The molecular formula is C22H24ClN3O3S. The van der Waals surface area contributed by atoms with Gasteiger partial charge in [0.1, 0.15) is 0 Å². The molecule has 0 aliphatic carbocycles. The molecule has 0 aromatic heterocycles. The molecule has 1 unspecified atom stereocenters. The summed E-state index contributed by atoms with van der Waals surface area (Å²) in [5, 5.41) is 3.60. The van der Waals surface area contributed by atoms with Crippen LogP contribution >= 0.6 is 11.6 Å². The molecule has 1 amide bonds. The Morgan fingerprint density at radius 2 is 1.90 bits per heavy atom. The minimum atomic E-state index is -3.77. The van der Waals surface area contributed by atoms with Gasteiger partial charge in [-0.1, -0.05) is 41.8 Å². The van der Waals surface area contributed by atoms with Gasteiger partial charge in [0.2, 0.25) is 10.0 Å². The van der Waals surface area contributed by atoms with E-state index in [1.807, 2.05) is 24.3 Å². The number of amides is 1. The maximum absolute atomic E-state index is 12.8. The van der Waals surface area contributed by atoms with Crippen LogP contribution in [0.1, 0.15) is 34.8 Å². The van der Waals surface area contributed by atoms with Crippen molar-refractivity contribution in [2.24, 2.45) is 0 Å². The zero-order valence-corrected chi connectivity index (χ0v) is 18.0. The molecule has 1 aliphatic heterocycles. The molecule has 158 valence electrons. The lowest BCUT2D eigenvalue weighted by Crippen LogP contribution is -2.37. The van der Waals surface area contributed by atoms with E-state index in [4.69, 9.17) is 18.0 Å². The van der Waals surface area contributed by atoms with Crippen LogP contribution in [-0.4, -0.2) is 45.4 Å². The first-order valence-electron chi connectivity index (χ1n) is 9.72. The molecule has 1 fully saturated rings. The van der Waals surface area contributed by atoms with Crippen molar-refractivity contribution in [2.45, 2.75) is 23.8 Å². The Balaban J connectivity index is 1.75. The number of nitrogens with one attached hydrogen (secondary N) is 2. The van der Waals surface area contributed by atoms with Crippen LogP contribution in [0.5, 0.6) is 0 Å². The lowest BCUT2D eigenvalue weighted by Gasteiger charge is -2.29. The number of halogens is 1. The van der Waals surface area contributed by atoms with Gasteiger partial charge in [0.15, 0.2) is 0 Å². The highest BCUT2D eigenvalue weighted by Crippen LogP contribution is 2.29. The molecule has 1 atom stereocenters. The molecule has 0 bridgehead atoms. The average Bonchev–Trinajstić information content (AvgIpc) is 3.28. The van der Waals surface area contributed by atoms with Gasteiger partial charge in [0.25, 0.3) is 5.91 Å². The summed E-state index contributed by atoms with van der Waals surface area (Å²) >= 11 is 6.42. The normalized spacial score (nSPS) is 15.5. The summed E-state index contributed by atoms with van der Waals surface area (Å²) in [4.78, 5) is 15.1. The third-order valence-corrected chi connectivity index (χ3v) is 6.82. The van der Waals surface area contributed by atoms with Crippen LogP contribution in [0.3, 0.4) is 0 Å². The Morgan fingerprint density at radius 1 is 1.17 bits per heavy atom. The Labute approximate surface area is 182 Å². The molecule has 2 N–H and O–H groups in total. The molecule has 0 radical (unpaired) electrons. The van der Waals surface area contributed by atoms with Gasteiger partial charge in [-0.15, -0.1) is 6.42 Å². The van der Waals surface area contributed by atoms with E-state index in [1.54, 1.807) is 6.07 Å². The molecule has 1 saturated heterocycles. The van der Waals surface area contributed by atoms with Gasteiger partial charge >= 0.3 is 0 Å². The fourth-order valence-electron chi connectivity index (χ4n) is 3.55. The van der Waals surface area contributed by atoms with E-state index in [9.17, 15) is 13.2 Å². The topological polar surface area (TPSA) is 78.5 Å². The Bertz CT molecular complexity index is 1040. The number of sulfonamides is 1. The highest BCUT2D eigenvalue weighted by molar-refractivity contribution is 7.89. The van der Waals surface area contributed by atoms with Gasteiger partial charge in [-0.2, -0.15) is 4.72 Å². The van der Waals surface area contributed by atoms with E-state index >= 15 is 0 Å². The van der Waals surface area contributed by atoms with Crippen molar-refractivity contribution in [3.63, 3.8) is 0 Å². The summed E-state index contributed by atoms with van der Waals surface area (Å²) in [6, 6.07) is 13.5. The number of nitrogens with zero attached hydrogens (tertiary/aromatic N) is 1. The maximum atomic E-state index is 12.8. The SMILES string of the molecule is C#CCNS(=O)(=O)c1cccc(C(=O)NCC(c2ccccc2Cl)N2CCCC2)c1. The van der Waals surface area contributed by atoms with Crippen LogP contribution < -0.4 is 10.0 Å². The average molecular weight is 446 g/mol. The molecular weight excluding hydrogens is 422 g/mol. The van der Waals surface area contributed by atoms with Gasteiger partial charge < -0.3 is 5.32 Å². The molecule has 30 heavy (non-hydrogen) atoms. The van der Waals surface area contributed by atoms with Crippen molar-refractivity contribution in [3.05, 3.63) is 64.7 Å². The highest BCUT2D eigenvalue weighted by atomic mass is 35.5. The molecule has 2 aromatic rings. The quantitative estimate of drug-likeness (QED) is 0.612. The second-order valence-electron chi connectivity index (χ2n) is 7.05. The van der Waals surface area contributed by atoms with Crippen LogP contribution in [0.15, 0.2) is 53.4 Å². The smallest absolute Gasteiger partial charge is 0.251 e. The van der Waals surface area contributed by atoms with Crippen molar-refractivity contribution in [1.29, 1.82) is 0 Å². The molecule has 6 nitrogen and oxygen atoms in total. The zero-order valence-electron chi connectivity index (χ0n) is 16.5. The highest BCUT2D eigenvalue weighted by Gasteiger charge is 2.26. The lowest BCUT2D eigenvalue weighted by atomic mass is 10.0. The number of hydrogen-bond donors (Lipinski definition) is 2. The van der Waals surface area contributed by atoms with E-state index in [2.05, 4.69) is 20.9 Å². The molecule has 8 heteroatoms. The number of hydrogen-bond acceptors (Lipinski definition) is 4. The number of carbonyl (C=O) groups is 1. The monoisotopic (exact) mass is 445 g/mol.